The van der Waals surface area contributed by atoms with Gasteiger partial charge < -0.3 is 0 Å². The lowest BCUT2D eigenvalue weighted by molar-refractivity contribution is 0.601. The normalized spacial score (nSPS) is 11.0. The van der Waals surface area contributed by atoms with Gasteiger partial charge in [0, 0.05) is 0 Å². The van der Waals surface area contributed by atoms with Crippen molar-refractivity contribution in [2.45, 2.75) is 72.1 Å². The van der Waals surface area contributed by atoms with Gasteiger partial charge >= 0.3 is 0 Å². The molecule has 0 aliphatic heterocycles. The first-order chi connectivity index (χ1) is 5.81. The van der Waals surface area contributed by atoms with Gasteiger partial charge in [-0.15, -0.1) is 0 Å². The molecule has 0 amide bonds. The average molecular weight is 169 g/mol. The van der Waals surface area contributed by atoms with E-state index in [0.29, 0.717) is 0 Å². The van der Waals surface area contributed by atoms with Crippen LogP contribution < -0.4 is 0 Å². The third-order valence-corrected chi connectivity index (χ3v) is 2.41. The third-order valence-electron chi connectivity index (χ3n) is 2.41. The van der Waals surface area contributed by atoms with Crippen LogP contribution in [0.15, 0.2) is 0 Å². The Labute approximate surface area is 78.8 Å². The van der Waals surface area contributed by atoms with Gasteiger partial charge in [0.1, 0.15) is 0 Å². The standard InChI is InChI=1S/C12H25/c1-4-6-8-9-11-12(3)10-7-5-2/h4-11H2,1-3H3. The molecule has 0 aromatic carbocycles. The summed E-state index contributed by atoms with van der Waals surface area (Å²) in [6, 6.07) is 0. The first-order valence-electron chi connectivity index (χ1n) is 5.62. The number of rotatable bonds is 8. The maximum atomic E-state index is 2.32. The van der Waals surface area contributed by atoms with Crippen molar-refractivity contribution in [2.24, 2.45) is 0 Å². The second-order valence-electron chi connectivity index (χ2n) is 3.87. The summed E-state index contributed by atoms with van der Waals surface area (Å²) < 4.78 is 0. The summed E-state index contributed by atoms with van der Waals surface area (Å²) in [5.41, 5.74) is 0. The summed E-state index contributed by atoms with van der Waals surface area (Å²) in [5, 5.41) is 0. The Morgan fingerprint density at radius 3 is 1.92 bits per heavy atom. The molecule has 12 heavy (non-hydrogen) atoms. The fraction of sp³-hybridized carbons (Fsp3) is 0.917. The Balaban J connectivity index is 3.02. The topological polar surface area (TPSA) is 0 Å². The molecule has 1 radical (unpaired) electrons. The van der Waals surface area contributed by atoms with E-state index in [0.717, 1.165) is 0 Å². The third kappa shape index (κ3) is 8.10. The second kappa shape index (κ2) is 9.09. The molecule has 0 saturated carbocycles. The van der Waals surface area contributed by atoms with Crippen LogP contribution in [0.5, 0.6) is 0 Å². The Kier molecular flexibility index (Phi) is 9.09. The highest BCUT2D eigenvalue weighted by Gasteiger charge is 2.00. The first-order valence-corrected chi connectivity index (χ1v) is 5.62. The SMILES string of the molecule is CCCCCC[C](C)CCCC. The molecule has 0 aromatic rings. The molecule has 0 rings (SSSR count). The van der Waals surface area contributed by atoms with E-state index in [1.54, 1.807) is 5.92 Å². The molecule has 0 bridgehead atoms. The lowest BCUT2D eigenvalue weighted by Crippen LogP contribution is -1.91. The van der Waals surface area contributed by atoms with Crippen LogP contribution in [0.4, 0.5) is 0 Å². The highest BCUT2D eigenvalue weighted by atomic mass is 14.1. The molecular weight excluding hydrogens is 144 g/mol. The average Bonchev–Trinajstić information content (AvgIpc) is 2.09. The molecule has 0 aromatic heterocycles. The van der Waals surface area contributed by atoms with Crippen LogP contribution in [-0.2, 0) is 0 Å². The predicted octanol–water partition coefficient (Wildman–Crippen LogP) is 4.74. The van der Waals surface area contributed by atoms with Crippen molar-refractivity contribution in [3.8, 4) is 0 Å². The van der Waals surface area contributed by atoms with Crippen molar-refractivity contribution in [3.63, 3.8) is 0 Å². The minimum Gasteiger partial charge on any atom is -0.0654 e. The molecule has 0 saturated heterocycles. The van der Waals surface area contributed by atoms with Gasteiger partial charge in [0.2, 0.25) is 0 Å². The minimum atomic E-state index is 1.34. The lowest BCUT2D eigenvalue weighted by Gasteiger charge is -2.08. The molecule has 0 spiro atoms. The van der Waals surface area contributed by atoms with Crippen LogP contribution in [0.25, 0.3) is 0 Å². The molecule has 0 atom stereocenters. The van der Waals surface area contributed by atoms with E-state index in [4.69, 9.17) is 0 Å². The van der Waals surface area contributed by atoms with Crippen molar-refractivity contribution in [1.82, 2.24) is 0 Å². The van der Waals surface area contributed by atoms with E-state index < -0.39 is 0 Å². The molecule has 0 heterocycles. The smallest absolute Gasteiger partial charge is 0.0272 e. The maximum absolute atomic E-state index is 2.32. The van der Waals surface area contributed by atoms with Crippen LogP contribution in [0.1, 0.15) is 72.1 Å². The van der Waals surface area contributed by atoms with Crippen LogP contribution in [-0.4, -0.2) is 0 Å². The van der Waals surface area contributed by atoms with Crippen molar-refractivity contribution < 1.29 is 0 Å². The number of unbranched alkanes of at least 4 members (excludes halogenated alkanes) is 4. The van der Waals surface area contributed by atoms with Crippen molar-refractivity contribution in [1.29, 1.82) is 0 Å². The van der Waals surface area contributed by atoms with Gasteiger partial charge in [-0.3, -0.25) is 0 Å². The molecule has 73 valence electrons. The fourth-order valence-electron chi connectivity index (χ4n) is 1.46. The highest BCUT2D eigenvalue weighted by molar-refractivity contribution is 4.82. The molecule has 0 fully saturated rings. The summed E-state index contributed by atoms with van der Waals surface area (Å²) >= 11 is 0. The number of hydrogen-bond acceptors (Lipinski definition) is 0. The predicted molar refractivity (Wildman–Crippen MR) is 57.2 cm³/mol. The molecule has 0 unspecified atom stereocenters. The largest absolute Gasteiger partial charge is 0.0654 e. The Morgan fingerprint density at radius 1 is 0.750 bits per heavy atom. The summed E-state index contributed by atoms with van der Waals surface area (Å²) in [7, 11) is 0. The van der Waals surface area contributed by atoms with Gasteiger partial charge in [-0.2, -0.15) is 0 Å². The van der Waals surface area contributed by atoms with E-state index in [2.05, 4.69) is 20.8 Å². The summed E-state index contributed by atoms with van der Waals surface area (Å²) in [4.78, 5) is 0. The van der Waals surface area contributed by atoms with Gasteiger partial charge in [-0.25, -0.2) is 0 Å². The Morgan fingerprint density at radius 2 is 1.33 bits per heavy atom. The lowest BCUT2D eigenvalue weighted by atomic mass is 9.97. The van der Waals surface area contributed by atoms with Gasteiger partial charge in [-0.1, -0.05) is 59.3 Å². The molecule has 0 nitrogen and oxygen atoms in total. The summed E-state index contributed by atoms with van der Waals surface area (Å²) in [6.07, 6.45) is 11.1. The second-order valence-corrected chi connectivity index (χ2v) is 3.87. The number of hydrogen-bond donors (Lipinski definition) is 0. The van der Waals surface area contributed by atoms with Crippen LogP contribution >= 0.6 is 0 Å². The first kappa shape index (κ1) is 12.0. The minimum absolute atomic E-state index is 1.34. The van der Waals surface area contributed by atoms with Crippen LogP contribution in [0, 0.1) is 5.92 Å². The molecule has 0 aliphatic rings. The van der Waals surface area contributed by atoms with Crippen molar-refractivity contribution in [2.75, 3.05) is 0 Å². The van der Waals surface area contributed by atoms with Gasteiger partial charge in [0.05, 0.1) is 0 Å². The zero-order chi connectivity index (χ0) is 9.23. The molecule has 0 heteroatoms. The van der Waals surface area contributed by atoms with Crippen molar-refractivity contribution >= 4 is 0 Å². The molecule has 0 N–H and O–H groups in total. The monoisotopic (exact) mass is 169 g/mol. The van der Waals surface area contributed by atoms with Gasteiger partial charge in [0.25, 0.3) is 0 Å². The maximum Gasteiger partial charge on any atom is -0.0272 e. The molecular formula is C12H25. The van der Waals surface area contributed by atoms with E-state index in [1.165, 1.54) is 51.4 Å². The quantitative estimate of drug-likeness (QED) is 0.460. The van der Waals surface area contributed by atoms with E-state index in [1.807, 2.05) is 0 Å². The van der Waals surface area contributed by atoms with E-state index in [9.17, 15) is 0 Å². The van der Waals surface area contributed by atoms with E-state index >= 15 is 0 Å². The Hall–Kier alpha value is 0. The highest BCUT2D eigenvalue weighted by Crippen LogP contribution is 2.17. The summed E-state index contributed by atoms with van der Waals surface area (Å²) in [6.45, 7) is 6.86. The van der Waals surface area contributed by atoms with Crippen LogP contribution in [0.3, 0.4) is 0 Å². The zero-order valence-electron chi connectivity index (χ0n) is 9.16. The molecule has 0 aliphatic carbocycles. The van der Waals surface area contributed by atoms with Crippen molar-refractivity contribution in [3.05, 3.63) is 5.92 Å². The van der Waals surface area contributed by atoms with E-state index in [-0.39, 0.29) is 0 Å². The van der Waals surface area contributed by atoms with Gasteiger partial charge in [-0.05, 0) is 18.8 Å². The fourth-order valence-corrected chi connectivity index (χ4v) is 1.46. The Bertz CT molecular complexity index is 76.1. The van der Waals surface area contributed by atoms with Crippen LogP contribution in [0.2, 0.25) is 0 Å². The summed E-state index contributed by atoms with van der Waals surface area (Å²) in [5.74, 6) is 1.72. The zero-order valence-corrected chi connectivity index (χ0v) is 9.16. The van der Waals surface area contributed by atoms with Gasteiger partial charge in [0.15, 0.2) is 0 Å².